The molecule has 2 rings (SSSR count). The molecular weight excluding hydrogens is 412 g/mol. The molecule has 0 radical (unpaired) electrons. The Morgan fingerprint density at radius 1 is 0.933 bits per heavy atom. The highest BCUT2D eigenvalue weighted by atomic mass is 16.6. The lowest BCUT2D eigenvalue weighted by atomic mass is 9.93. The Labute approximate surface area is 171 Å². The van der Waals surface area contributed by atoms with Crippen LogP contribution in [0.25, 0.3) is 0 Å². The number of nitrogens with two attached hydrogens (primary N) is 1. The highest BCUT2D eigenvalue weighted by Crippen LogP contribution is 2.21. The highest BCUT2D eigenvalue weighted by Gasteiger charge is 2.46. The fraction of sp³-hybridized carbons (Fsp3) is 0.875. The molecule has 0 aromatic rings. The van der Waals surface area contributed by atoms with Crippen LogP contribution in [0.4, 0.5) is 0 Å². The molecule has 0 saturated carbocycles. The summed E-state index contributed by atoms with van der Waals surface area (Å²) in [5.41, 5.74) is 5.30. The van der Waals surface area contributed by atoms with Crippen molar-refractivity contribution in [1.82, 2.24) is 5.32 Å². The molecule has 2 heterocycles. The third-order valence-electron chi connectivity index (χ3n) is 4.70. The van der Waals surface area contributed by atoms with Crippen LogP contribution in [0.5, 0.6) is 0 Å². The van der Waals surface area contributed by atoms with E-state index in [0.29, 0.717) is 0 Å². The molecule has 0 aromatic heterocycles. The van der Waals surface area contributed by atoms with Gasteiger partial charge in [0.05, 0.1) is 12.6 Å². The third kappa shape index (κ3) is 6.35. The van der Waals surface area contributed by atoms with Gasteiger partial charge in [0, 0.05) is 6.92 Å². The fourth-order valence-electron chi connectivity index (χ4n) is 2.90. The summed E-state index contributed by atoms with van der Waals surface area (Å²) in [4.78, 5) is 21.6. The van der Waals surface area contributed by atoms with Crippen molar-refractivity contribution in [2.45, 2.75) is 81.2 Å². The number of amides is 1. The van der Waals surface area contributed by atoms with Crippen LogP contribution in [0.15, 0.2) is 0 Å². The summed E-state index contributed by atoms with van der Waals surface area (Å²) >= 11 is 0. The minimum Gasteiger partial charge on any atom is -0.394 e. The van der Waals surface area contributed by atoms with Gasteiger partial charge in [-0.1, -0.05) is 0 Å². The average molecular weight is 442 g/mol. The van der Waals surface area contributed by atoms with Crippen molar-refractivity contribution in [3.8, 4) is 0 Å². The molecule has 2 aliphatic rings. The van der Waals surface area contributed by atoms with E-state index >= 15 is 0 Å². The summed E-state index contributed by atoms with van der Waals surface area (Å²) in [7, 11) is 0. The number of carbonyl (C=O) groups is 2. The van der Waals surface area contributed by atoms with Gasteiger partial charge in [-0.3, -0.25) is 9.59 Å². The van der Waals surface area contributed by atoms with Gasteiger partial charge in [-0.25, -0.2) is 0 Å². The maximum atomic E-state index is 10.8. The monoisotopic (exact) mass is 442 g/mol. The topological polar surface area (TPSA) is 252 Å². The maximum Gasteiger partial charge on any atom is 0.217 e. The highest BCUT2D eigenvalue weighted by molar-refractivity contribution is 5.80. The molecule has 176 valence electrons. The van der Waals surface area contributed by atoms with Crippen molar-refractivity contribution in [2.24, 2.45) is 5.73 Å². The van der Waals surface area contributed by atoms with E-state index in [9.17, 15) is 45.3 Å². The van der Waals surface area contributed by atoms with Crippen molar-refractivity contribution >= 4 is 11.7 Å². The fourth-order valence-corrected chi connectivity index (χ4v) is 2.90. The Balaban J connectivity index is 0.000000300. The standard InChI is InChI=1S/2C8H15NO6/c1-3(11)9-5-7(13)6(12)4(2-10)15-8(5)14;1-2(10)4(11)7-6(13)5(12)3(9)8(14)15-7/h4-8,10,12-14H,2H2,1H3,(H,9,11);3-8,11-14H,9H2,1H3/t4-,5-,6-,7-,8?;3-,4?,5-,6+,7-,8?/m11/s1. The van der Waals surface area contributed by atoms with Crippen molar-refractivity contribution in [2.75, 3.05) is 6.61 Å². The first kappa shape index (κ1) is 26.7. The van der Waals surface area contributed by atoms with Crippen LogP contribution in [-0.2, 0) is 19.1 Å². The second-order valence-electron chi connectivity index (χ2n) is 7.06. The predicted octanol–water partition coefficient (Wildman–Crippen LogP) is -6.37. The molecular formula is C16H30N2O12. The zero-order valence-corrected chi connectivity index (χ0v) is 16.3. The summed E-state index contributed by atoms with van der Waals surface area (Å²) < 4.78 is 9.57. The van der Waals surface area contributed by atoms with Gasteiger partial charge in [0.2, 0.25) is 5.91 Å². The molecule has 2 aliphatic heterocycles. The first-order valence-corrected chi connectivity index (χ1v) is 9.04. The molecule has 30 heavy (non-hydrogen) atoms. The Hall–Kier alpha value is -1.30. The van der Waals surface area contributed by atoms with Gasteiger partial charge in [-0.15, -0.1) is 0 Å². The largest absolute Gasteiger partial charge is 0.394 e. The minimum atomic E-state index is -1.60. The van der Waals surface area contributed by atoms with Gasteiger partial charge >= 0.3 is 0 Å². The van der Waals surface area contributed by atoms with Crippen LogP contribution in [0, 0.1) is 0 Å². The molecule has 0 aliphatic carbocycles. The van der Waals surface area contributed by atoms with Gasteiger partial charge in [0.25, 0.3) is 0 Å². The molecule has 3 unspecified atom stereocenters. The van der Waals surface area contributed by atoms with Crippen LogP contribution in [0.2, 0.25) is 0 Å². The van der Waals surface area contributed by atoms with Gasteiger partial charge < -0.3 is 61.4 Å². The van der Waals surface area contributed by atoms with Crippen LogP contribution in [-0.4, -0.2) is 127 Å². The van der Waals surface area contributed by atoms with E-state index < -0.39 is 85.7 Å². The Bertz CT molecular complexity index is 576. The zero-order valence-electron chi connectivity index (χ0n) is 16.3. The molecule has 14 heteroatoms. The third-order valence-corrected chi connectivity index (χ3v) is 4.70. The van der Waals surface area contributed by atoms with Gasteiger partial charge in [0.15, 0.2) is 18.4 Å². The first-order valence-electron chi connectivity index (χ1n) is 9.04. The van der Waals surface area contributed by atoms with Crippen molar-refractivity contribution in [3.63, 3.8) is 0 Å². The van der Waals surface area contributed by atoms with Crippen LogP contribution in [0.3, 0.4) is 0 Å². The van der Waals surface area contributed by atoms with E-state index in [4.69, 9.17) is 20.3 Å². The number of rotatable bonds is 4. The number of carbonyl (C=O) groups excluding carboxylic acids is 2. The first-order chi connectivity index (χ1) is 13.8. The predicted molar refractivity (Wildman–Crippen MR) is 95.1 cm³/mol. The lowest BCUT2D eigenvalue weighted by Crippen LogP contribution is -2.64. The van der Waals surface area contributed by atoms with E-state index in [-0.39, 0.29) is 0 Å². The van der Waals surface area contributed by atoms with E-state index in [1.54, 1.807) is 0 Å². The van der Waals surface area contributed by atoms with Gasteiger partial charge in [-0.2, -0.15) is 0 Å². The van der Waals surface area contributed by atoms with Crippen molar-refractivity contribution in [3.05, 3.63) is 0 Å². The summed E-state index contributed by atoms with van der Waals surface area (Å²) in [5.74, 6) is -1.09. The van der Waals surface area contributed by atoms with Gasteiger partial charge in [0.1, 0.15) is 48.8 Å². The smallest absolute Gasteiger partial charge is 0.217 e. The zero-order chi connectivity index (χ0) is 23.3. The molecule has 0 spiro atoms. The van der Waals surface area contributed by atoms with Crippen LogP contribution < -0.4 is 11.1 Å². The van der Waals surface area contributed by atoms with Crippen LogP contribution in [0.1, 0.15) is 13.8 Å². The number of ether oxygens (including phenoxy) is 2. The van der Waals surface area contributed by atoms with E-state index in [2.05, 4.69) is 5.32 Å². The number of Topliss-reactive ketones (excluding diaryl/α,β-unsaturated/α-hetero) is 1. The molecule has 0 bridgehead atoms. The quantitative estimate of drug-likeness (QED) is 0.195. The number of aliphatic hydroxyl groups excluding tert-OH is 8. The van der Waals surface area contributed by atoms with Gasteiger partial charge in [-0.05, 0) is 6.92 Å². The Morgan fingerprint density at radius 3 is 1.97 bits per heavy atom. The SMILES string of the molecule is CC(=O)C(O)[C@H]1OC(O)[C@H](N)[C@@H](O)[C@@H]1O.CC(=O)N[C@H]1C(O)O[C@H](CO)[C@@H](O)[C@@H]1O. The molecule has 14 nitrogen and oxygen atoms in total. The number of hydrogen-bond donors (Lipinski definition) is 10. The van der Waals surface area contributed by atoms with Crippen molar-refractivity contribution in [1.29, 1.82) is 0 Å². The minimum absolute atomic E-state index is 0.462. The number of nitrogens with one attached hydrogen (secondary N) is 1. The summed E-state index contributed by atoms with van der Waals surface area (Å²) in [5, 5.41) is 76.8. The molecule has 2 saturated heterocycles. The van der Waals surface area contributed by atoms with E-state index in [1.807, 2.05) is 0 Å². The number of ketones is 1. The molecule has 2 fully saturated rings. The summed E-state index contributed by atoms with van der Waals surface area (Å²) in [6, 6.07) is -2.27. The van der Waals surface area contributed by atoms with Crippen LogP contribution >= 0.6 is 0 Å². The summed E-state index contributed by atoms with van der Waals surface area (Å²) in [6.45, 7) is 1.79. The normalized spacial score (nSPS) is 42.5. The Morgan fingerprint density at radius 2 is 1.50 bits per heavy atom. The molecule has 0 aromatic carbocycles. The van der Waals surface area contributed by atoms with E-state index in [0.717, 1.165) is 6.92 Å². The molecule has 11 N–H and O–H groups in total. The molecule has 11 atom stereocenters. The van der Waals surface area contributed by atoms with E-state index in [1.165, 1.54) is 6.92 Å². The lowest BCUT2D eigenvalue weighted by Gasteiger charge is -2.40. The number of aliphatic hydroxyl groups is 8. The number of hydrogen-bond acceptors (Lipinski definition) is 13. The maximum absolute atomic E-state index is 10.8. The second kappa shape index (κ2) is 11.4. The van der Waals surface area contributed by atoms with Crippen molar-refractivity contribution < 1.29 is 59.9 Å². The molecule has 1 amide bonds. The average Bonchev–Trinajstić information content (AvgIpc) is 2.68. The second-order valence-corrected chi connectivity index (χ2v) is 7.06. The lowest BCUT2D eigenvalue weighted by molar-refractivity contribution is -0.259. The Kier molecular flexibility index (Phi) is 10.1. The summed E-state index contributed by atoms with van der Waals surface area (Å²) in [6.07, 6.45) is -12.7.